The molecule has 1 aromatic carbocycles. The lowest BCUT2D eigenvalue weighted by atomic mass is 10.0. The van der Waals surface area contributed by atoms with E-state index in [4.69, 9.17) is 17.2 Å². The standard InChI is InChI=1S/C41H53N15O17S/c42-40(43)45-11-1-2-20(33(65)51-21(8-10-27(58)59)34(66)53-24(13-29(62)63)36(68)54-25(16-74)39(72)73)50-35(67)23(12-28(60)61)49-26(57)9-7-22(38(70)71)52-32(64)17-3-5-18(6-4-17)46-14-19-15-47-31-30(48-19)37(69)56-41(44)55-31/h3-6,15,20-25,46,74H,1-2,7-14,16H2,(H,49,57)(H,50,67)(H,51,65)(H,52,64)(H,53,66)(H,54,68)(H,58,59)(H,60,61)(H,62,63)(H,70,71)(H,72,73)(H4,42,43,45)(H3,44,47,55,56,69)/p+1. The Morgan fingerprint density at radius 3 is 1.73 bits per heavy atom. The van der Waals surface area contributed by atoms with Crippen molar-refractivity contribution in [2.75, 3.05) is 23.3 Å². The Balaban J connectivity index is 1.72. The molecule has 0 aliphatic carbocycles. The van der Waals surface area contributed by atoms with Crippen molar-refractivity contribution >= 4 is 107 Å². The van der Waals surface area contributed by atoms with Gasteiger partial charge in [0.25, 0.3) is 11.5 Å². The molecular formula is C41H54N15O17S+. The second-order valence-corrected chi connectivity index (χ2v) is 16.2. The van der Waals surface area contributed by atoms with E-state index >= 15 is 0 Å². The van der Waals surface area contributed by atoms with Gasteiger partial charge >= 0.3 is 41.4 Å². The summed E-state index contributed by atoms with van der Waals surface area (Å²) in [6, 6.07) is -5.11. The number of aliphatic imine (C=N–C) groups is 1. The Morgan fingerprint density at radius 1 is 0.662 bits per heavy atom. The summed E-state index contributed by atoms with van der Waals surface area (Å²) in [6.45, 7) is -0.0296. The molecule has 32 nitrogen and oxygen atoms in total. The number of H-pyrrole nitrogens is 2. The molecule has 2 aromatic heterocycles. The third-order valence-corrected chi connectivity index (χ3v) is 10.5. The zero-order valence-corrected chi connectivity index (χ0v) is 39.7. The number of amides is 6. The fourth-order valence-electron chi connectivity index (χ4n) is 6.43. The van der Waals surface area contributed by atoms with E-state index in [2.05, 4.69) is 64.1 Å². The molecule has 0 spiro atoms. The number of anilines is 2. The van der Waals surface area contributed by atoms with E-state index in [0.29, 0.717) is 11.4 Å². The Morgan fingerprint density at radius 2 is 1.19 bits per heavy atom. The molecule has 6 amide bonds. The van der Waals surface area contributed by atoms with Crippen LogP contribution in [-0.2, 0) is 54.5 Å². The summed E-state index contributed by atoms with van der Waals surface area (Å²) in [5.41, 5.74) is 16.8. The van der Waals surface area contributed by atoms with E-state index in [9.17, 15) is 83.1 Å². The van der Waals surface area contributed by atoms with Gasteiger partial charge in [0.1, 0.15) is 42.4 Å². The van der Waals surface area contributed by atoms with Gasteiger partial charge in [0.15, 0.2) is 5.96 Å². The van der Waals surface area contributed by atoms with Gasteiger partial charge < -0.3 is 80.0 Å². The number of rotatable bonds is 31. The van der Waals surface area contributed by atoms with Crippen molar-refractivity contribution in [3.63, 3.8) is 0 Å². The lowest BCUT2D eigenvalue weighted by Gasteiger charge is -2.26. The molecular weight excluding hydrogens is 1010 g/mol. The predicted octanol–water partition coefficient (Wildman–Crippen LogP) is -5.40. The molecule has 0 bridgehead atoms. The molecule has 0 fully saturated rings. The van der Waals surface area contributed by atoms with Gasteiger partial charge in [0.2, 0.25) is 35.1 Å². The lowest BCUT2D eigenvalue weighted by Crippen LogP contribution is -2.59. The number of hydrogen-bond donors (Lipinski definition) is 17. The average Bonchev–Trinajstić information content (AvgIpc) is 3.32. The average molecular weight is 1060 g/mol. The summed E-state index contributed by atoms with van der Waals surface area (Å²) >= 11 is 3.80. The van der Waals surface area contributed by atoms with Crippen LogP contribution < -0.4 is 65.0 Å². The highest BCUT2D eigenvalue weighted by molar-refractivity contribution is 7.80. The summed E-state index contributed by atoms with van der Waals surface area (Å²) in [7, 11) is 0. The maximum absolute atomic E-state index is 13.8. The lowest BCUT2D eigenvalue weighted by molar-refractivity contribution is -0.349. The fourth-order valence-corrected chi connectivity index (χ4v) is 6.68. The molecule has 33 heteroatoms. The van der Waals surface area contributed by atoms with Crippen LogP contribution in [0.3, 0.4) is 0 Å². The number of guanidine groups is 1. The zero-order valence-electron chi connectivity index (χ0n) is 38.8. The third kappa shape index (κ3) is 19.9. The van der Waals surface area contributed by atoms with Gasteiger partial charge in [0.05, 0.1) is 25.1 Å². The minimum Gasteiger partial charge on any atom is -0.481 e. The normalized spacial score (nSPS) is 13.2. The van der Waals surface area contributed by atoms with Crippen LogP contribution in [-0.4, -0.2) is 160 Å². The van der Waals surface area contributed by atoms with Gasteiger partial charge in [-0.3, -0.25) is 57.9 Å². The number of nitrogen functional groups attached to an aromatic ring is 1. The van der Waals surface area contributed by atoms with Crippen LogP contribution in [0.1, 0.15) is 67.4 Å². The molecule has 0 radical (unpaired) electrons. The van der Waals surface area contributed by atoms with Crippen LogP contribution in [0, 0.1) is 0 Å². The Labute approximate surface area is 421 Å². The van der Waals surface area contributed by atoms with Gasteiger partial charge in [0, 0.05) is 36.4 Å². The van der Waals surface area contributed by atoms with E-state index in [-0.39, 0.29) is 54.6 Å². The van der Waals surface area contributed by atoms with Crippen molar-refractivity contribution in [3.05, 3.63) is 52.1 Å². The third-order valence-electron chi connectivity index (χ3n) is 10.1. The van der Waals surface area contributed by atoms with E-state index in [1.807, 2.05) is 10.6 Å². The Kier molecular flexibility index (Phi) is 22.9. The second-order valence-electron chi connectivity index (χ2n) is 15.8. The molecule has 3 aromatic rings. The second kappa shape index (κ2) is 28.6. The zero-order chi connectivity index (χ0) is 55.2. The molecule has 20 N–H and O–H groups in total. The quantitative estimate of drug-likeness (QED) is 0.0124. The van der Waals surface area contributed by atoms with Crippen LogP contribution >= 0.6 is 12.6 Å². The number of nitrogens with two attached hydrogens (primary N) is 3. The van der Waals surface area contributed by atoms with Crippen molar-refractivity contribution in [3.8, 4) is 0 Å². The van der Waals surface area contributed by atoms with E-state index in [1.165, 1.54) is 30.5 Å². The van der Waals surface area contributed by atoms with Gasteiger partial charge in [-0.05, 0) is 54.9 Å². The fraction of sp³-hybridized carbons (Fsp3) is 0.415. The van der Waals surface area contributed by atoms with Gasteiger partial charge in [-0.1, -0.05) is 0 Å². The SMILES string of the molecule is NC(N)=NCCCC(NC(=O)C(CC(=O)O)NC(=O)CCC(NC(=O)c1ccc(NCc2c[nH+]c3nc(N)[nH]c(=O)c3n2)cc1)C(=O)O)C(=O)NC(CCC(=O)O)C(=O)NC(CC(=O)O)C(=O)NC(CS)C(=O)O. The van der Waals surface area contributed by atoms with Crippen LogP contribution in [0.4, 0.5) is 11.6 Å². The summed E-state index contributed by atoms with van der Waals surface area (Å²) in [6.07, 6.45) is -3.92. The summed E-state index contributed by atoms with van der Waals surface area (Å²) in [5, 5.41) is 63.4. The number of hydrogen-bond acceptors (Lipinski definition) is 18. The number of nitrogens with zero attached hydrogens (tertiary/aromatic N) is 3. The minimum absolute atomic E-state index is 0.00731. The first-order chi connectivity index (χ1) is 34.9. The highest BCUT2D eigenvalue weighted by Crippen LogP contribution is 2.13. The number of carboxylic acid groups (broad SMARTS) is 5. The molecule has 0 saturated carbocycles. The number of fused-ring (bicyclic) bond motifs is 1. The van der Waals surface area contributed by atoms with Crippen LogP contribution in [0.25, 0.3) is 11.2 Å². The molecule has 400 valence electrons. The van der Waals surface area contributed by atoms with E-state index < -0.39 is 151 Å². The smallest absolute Gasteiger partial charge is 0.356 e. The topological polar surface area (TPSA) is 536 Å². The van der Waals surface area contributed by atoms with Crippen LogP contribution in [0.5, 0.6) is 0 Å². The first-order valence-corrected chi connectivity index (χ1v) is 22.5. The molecule has 2 heterocycles. The van der Waals surface area contributed by atoms with E-state index in [1.54, 1.807) is 0 Å². The first kappa shape index (κ1) is 59.1. The van der Waals surface area contributed by atoms with Crippen molar-refractivity contribution in [1.29, 1.82) is 0 Å². The highest BCUT2D eigenvalue weighted by atomic mass is 32.1. The number of thiol groups is 1. The maximum Gasteiger partial charge on any atom is 0.356 e. The number of carbonyl (C=O) groups is 11. The molecule has 6 unspecified atom stereocenters. The Bertz CT molecular complexity index is 2680. The predicted molar refractivity (Wildman–Crippen MR) is 255 cm³/mol. The minimum atomic E-state index is -1.97. The van der Waals surface area contributed by atoms with Crippen molar-refractivity contribution in [2.45, 2.75) is 94.2 Å². The van der Waals surface area contributed by atoms with Crippen LogP contribution in [0.2, 0.25) is 0 Å². The highest BCUT2D eigenvalue weighted by Gasteiger charge is 2.34. The van der Waals surface area contributed by atoms with Gasteiger partial charge in [-0.15, -0.1) is 0 Å². The summed E-state index contributed by atoms with van der Waals surface area (Å²) < 4.78 is 0. The number of nitrogens with one attached hydrogen (secondary N) is 9. The van der Waals surface area contributed by atoms with Gasteiger partial charge in [-0.25, -0.2) is 19.6 Å². The van der Waals surface area contributed by atoms with E-state index in [0.717, 1.165) is 0 Å². The maximum atomic E-state index is 13.8. The Hall–Kier alpha value is -9.17. The van der Waals surface area contributed by atoms with Crippen molar-refractivity contribution in [1.82, 2.24) is 46.9 Å². The molecule has 0 aliphatic rings. The van der Waals surface area contributed by atoms with Crippen LogP contribution in [0.15, 0.2) is 40.2 Å². The number of carbonyl (C=O) groups excluding carboxylic acids is 6. The number of carboxylic acids is 5. The van der Waals surface area contributed by atoms with Crippen molar-refractivity contribution < 1.29 is 83.3 Å². The largest absolute Gasteiger partial charge is 0.481 e. The summed E-state index contributed by atoms with van der Waals surface area (Å²) in [5.74, 6) is -15.8. The first-order valence-electron chi connectivity index (χ1n) is 21.9. The van der Waals surface area contributed by atoms with Gasteiger partial charge in [-0.2, -0.15) is 12.6 Å². The molecule has 6 atom stereocenters. The molecule has 0 saturated heterocycles. The molecule has 74 heavy (non-hydrogen) atoms. The number of benzene rings is 1. The summed E-state index contributed by atoms with van der Waals surface area (Å²) in [4.78, 5) is 168. The number of aromatic nitrogens is 4. The molecule has 0 aliphatic heterocycles. The monoisotopic (exact) mass is 1060 g/mol. The number of aliphatic carboxylic acids is 5. The van der Waals surface area contributed by atoms with Crippen molar-refractivity contribution in [2.24, 2.45) is 16.5 Å². The molecule has 3 rings (SSSR count). The number of aromatic amines is 2.